The molecule has 0 spiro atoms. The molecule has 0 saturated carbocycles. The summed E-state index contributed by atoms with van der Waals surface area (Å²) in [4.78, 5) is 14.3. The molecule has 1 saturated heterocycles. The van der Waals surface area contributed by atoms with E-state index in [2.05, 4.69) is 4.90 Å². The van der Waals surface area contributed by atoms with Crippen LogP contribution in [0.3, 0.4) is 0 Å². The number of ether oxygens (including phenoxy) is 1. The van der Waals surface area contributed by atoms with E-state index in [1.807, 2.05) is 18.4 Å². The SMILES string of the molecule is COC(=O)c1sccc1CN1CCC(C)(O)C1. The molecule has 0 bridgehead atoms. The average Bonchev–Trinajstić information content (AvgIpc) is 2.85. The Bertz CT molecular complexity index is 414. The van der Waals surface area contributed by atoms with E-state index in [-0.39, 0.29) is 5.97 Å². The molecule has 0 aromatic carbocycles. The number of hydrogen-bond acceptors (Lipinski definition) is 5. The Hall–Kier alpha value is -0.910. The third-order valence-corrected chi connectivity index (χ3v) is 3.98. The first-order chi connectivity index (χ1) is 8.02. The van der Waals surface area contributed by atoms with Gasteiger partial charge in [-0.3, -0.25) is 4.90 Å². The van der Waals surface area contributed by atoms with Gasteiger partial charge in [0, 0.05) is 19.6 Å². The van der Waals surface area contributed by atoms with Crippen molar-refractivity contribution in [1.82, 2.24) is 4.90 Å². The van der Waals surface area contributed by atoms with Gasteiger partial charge in [-0.2, -0.15) is 0 Å². The van der Waals surface area contributed by atoms with Crippen molar-refractivity contribution in [2.75, 3.05) is 20.2 Å². The molecule has 1 unspecified atom stereocenters. The monoisotopic (exact) mass is 255 g/mol. The van der Waals surface area contributed by atoms with E-state index in [1.54, 1.807) is 0 Å². The van der Waals surface area contributed by atoms with Crippen LogP contribution in [0.25, 0.3) is 0 Å². The zero-order valence-corrected chi connectivity index (χ0v) is 10.9. The van der Waals surface area contributed by atoms with Crippen LogP contribution in [0.5, 0.6) is 0 Å². The van der Waals surface area contributed by atoms with E-state index >= 15 is 0 Å². The summed E-state index contributed by atoms with van der Waals surface area (Å²) in [6.07, 6.45) is 0.782. The van der Waals surface area contributed by atoms with E-state index in [9.17, 15) is 9.90 Å². The molecule has 1 aromatic heterocycles. The summed E-state index contributed by atoms with van der Waals surface area (Å²) in [5, 5.41) is 11.8. The molecule has 1 aliphatic heterocycles. The molecule has 2 rings (SSSR count). The van der Waals surface area contributed by atoms with E-state index in [1.165, 1.54) is 18.4 Å². The summed E-state index contributed by atoms with van der Waals surface area (Å²) in [6, 6.07) is 1.95. The van der Waals surface area contributed by atoms with E-state index in [4.69, 9.17) is 4.74 Å². The maximum absolute atomic E-state index is 11.5. The van der Waals surface area contributed by atoms with Crippen LogP contribution >= 0.6 is 11.3 Å². The number of methoxy groups -OCH3 is 1. The highest BCUT2D eigenvalue weighted by molar-refractivity contribution is 7.12. The third kappa shape index (κ3) is 2.86. The minimum Gasteiger partial charge on any atom is -0.465 e. The zero-order chi connectivity index (χ0) is 12.5. The number of aliphatic hydroxyl groups is 1. The number of rotatable bonds is 3. The van der Waals surface area contributed by atoms with Crippen molar-refractivity contribution in [3.8, 4) is 0 Å². The first kappa shape index (κ1) is 12.5. The van der Waals surface area contributed by atoms with Crippen LogP contribution in [-0.2, 0) is 11.3 Å². The first-order valence-electron chi connectivity index (χ1n) is 5.61. The number of carbonyl (C=O) groups is 1. The third-order valence-electron chi connectivity index (χ3n) is 3.04. The minimum absolute atomic E-state index is 0.277. The lowest BCUT2D eigenvalue weighted by atomic mass is 10.1. The molecule has 1 atom stereocenters. The van der Waals surface area contributed by atoms with Crippen molar-refractivity contribution < 1.29 is 14.6 Å². The summed E-state index contributed by atoms with van der Waals surface area (Å²) in [6.45, 7) is 4.07. The predicted octanol–water partition coefficient (Wildman–Crippen LogP) is 1.49. The lowest BCUT2D eigenvalue weighted by Gasteiger charge is -2.18. The lowest BCUT2D eigenvalue weighted by molar-refractivity contribution is 0.0603. The highest BCUT2D eigenvalue weighted by Crippen LogP contribution is 2.25. The number of hydrogen-bond donors (Lipinski definition) is 1. The number of β-amino-alcohol motifs (C(OH)–C–C–N with tert-alkyl or cyclic N) is 1. The Morgan fingerprint density at radius 3 is 3.06 bits per heavy atom. The van der Waals surface area contributed by atoms with Crippen molar-refractivity contribution in [2.24, 2.45) is 0 Å². The van der Waals surface area contributed by atoms with E-state index in [0.717, 1.165) is 18.5 Å². The number of esters is 1. The van der Waals surface area contributed by atoms with Crippen molar-refractivity contribution in [1.29, 1.82) is 0 Å². The maximum Gasteiger partial charge on any atom is 0.348 e. The molecule has 1 aliphatic rings. The molecule has 5 heteroatoms. The smallest absolute Gasteiger partial charge is 0.348 e. The number of likely N-dealkylation sites (tertiary alicyclic amines) is 1. The Kier molecular flexibility index (Phi) is 3.51. The van der Waals surface area contributed by atoms with Gasteiger partial charge in [0.15, 0.2) is 0 Å². The van der Waals surface area contributed by atoms with Gasteiger partial charge >= 0.3 is 5.97 Å². The maximum atomic E-state index is 11.5. The van der Waals surface area contributed by atoms with Gasteiger partial charge in [-0.05, 0) is 30.4 Å². The number of carbonyl (C=O) groups excluding carboxylic acids is 1. The first-order valence-corrected chi connectivity index (χ1v) is 6.49. The molecular weight excluding hydrogens is 238 g/mol. The largest absolute Gasteiger partial charge is 0.465 e. The van der Waals surface area contributed by atoms with Gasteiger partial charge in [0.05, 0.1) is 12.7 Å². The van der Waals surface area contributed by atoms with E-state index < -0.39 is 5.60 Å². The van der Waals surface area contributed by atoms with Gasteiger partial charge in [0.25, 0.3) is 0 Å². The van der Waals surface area contributed by atoms with Crippen molar-refractivity contribution in [2.45, 2.75) is 25.5 Å². The van der Waals surface area contributed by atoms with Gasteiger partial charge in [0.2, 0.25) is 0 Å². The van der Waals surface area contributed by atoms with Gasteiger partial charge in [-0.25, -0.2) is 4.79 Å². The second-order valence-corrected chi connectivity index (χ2v) is 5.64. The van der Waals surface area contributed by atoms with Crippen LogP contribution in [0.2, 0.25) is 0 Å². The summed E-state index contributed by atoms with van der Waals surface area (Å²) in [7, 11) is 1.40. The van der Waals surface area contributed by atoms with Crippen molar-refractivity contribution in [3.63, 3.8) is 0 Å². The second kappa shape index (κ2) is 4.76. The number of nitrogens with zero attached hydrogens (tertiary/aromatic N) is 1. The Balaban J connectivity index is 2.05. The van der Waals surface area contributed by atoms with E-state index in [0.29, 0.717) is 18.0 Å². The Morgan fingerprint density at radius 2 is 2.47 bits per heavy atom. The molecule has 17 heavy (non-hydrogen) atoms. The average molecular weight is 255 g/mol. The van der Waals surface area contributed by atoms with Crippen LogP contribution in [0.15, 0.2) is 11.4 Å². The predicted molar refractivity (Wildman–Crippen MR) is 66.2 cm³/mol. The van der Waals surface area contributed by atoms with Crippen LogP contribution in [-0.4, -0.2) is 41.8 Å². The topological polar surface area (TPSA) is 49.8 Å². The highest BCUT2D eigenvalue weighted by atomic mass is 32.1. The summed E-state index contributed by atoms with van der Waals surface area (Å²) < 4.78 is 4.74. The summed E-state index contributed by atoms with van der Waals surface area (Å²) in [5.41, 5.74) is 0.390. The fourth-order valence-corrected chi connectivity index (χ4v) is 2.98. The number of thiophene rings is 1. The zero-order valence-electron chi connectivity index (χ0n) is 10.1. The normalized spacial score (nSPS) is 25.1. The van der Waals surface area contributed by atoms with Gasteiger partial charge in [-0.1, -0.05) is 0 Å². The fourth-order valence-electron chi connectivity index (χ4n) is 2.15. The second-order valence-electron chi connectivity index (χ2n) is 4.72. The fraction of sp³-hybridized carbons (Fsp3) is 0.583. The molecule has 1 fully saturated rings. The molecule has 0 radical (unpaired) electrons. The molecule has 0 amide bonds. The summed E-state index contributed by atoms with van der Waals surface area (Å²) in [5.74, 6) is -0.277. The molecule has 1 N–H and O–H groups in total. The van der Waals surface area contributed by atoms with Crippen molar-refractivity contribution >= 4 is 17.3 Å². The molecule has 4 nitrogen and oxygen atoms in total. The minimum atomic E-state index is -0.596. The molecule has 1 aromatic rings. The quantitative estimate of drug-likeness (QED) is 0.831. The van der Waals surface area contributed by atoms with Gasteiger partial charge < -0.3 is 9.84 Å². The molecular formula is C12H17NO3S. The van der Waals surface area contributed by atoms with Crippen LogP contribution in [0, 0.1) is 0 Å². The van der Waals surface area contributed by atoms with Crippen molar-refractivity contribution in [3.05, 3.63) is 21.9 Å². The molecule has 94 valence electrons. The standard InChI is InChI=1S/C12H17NO3S/c1-12(15)4-5-13(8-12)7-9-3-6-17-10(9)11(14)16-2/h3,6,15H,4-5,7-8H2,1-2H3. The van der Waals surface area contributed by atoms with Crippen LogP contribution < -0.4 is 0 Å². The van der Waals surface area contributed by atoms with Gasteiger partial charge in [0.1, 0.15) is 4.88 Å². The Morgan fingerprint density at radius 1 is 1.71 bits per heavy atom. The van der Waals surface area contributed by atoms with Gasteiger partial charge in [-0.15, -0.1) is 11.3 Å². The Labute approximate surface area is 105 Å². The highest BCUT2D eigenvalue weighted by Gasteiger charge is 2.31. The van der Waals surface area contributed by atoms with Crippen LogP contribution in [0.4, 0.5) is 0 Å². The summed E-state index contributed by atoms with van der Waals surface area (Å²) >= 11 is 1.40. The lowest BCUT2D eigenvalue weighted by Crippen LogP contribution is -2.29. The molecule has 2 heterocycles. The van der Waals surface area contributed by atoms with Crippen LogP contribution in [0.1, 0.15) is 28.6 Å². The molecule has 0 aliphatic carbocycles.